The van der Waals surface area contributed by atoms with Crippen molar-refractivity contribution < 1.29 is 12.9 Å². The van der Waals surface area contributed by atoms with Crippen molar-refractivity contribution in [1.29, 1.82) is 0 Å². The summed E-state index contributed by atoms with van der Waals surface area (Å²) in [4.78, 5) is 7.79. The summed E-state index contributed by atoms with van der Waals surface area (Å²) in [5, 5.41) is 9.19. The lowest BCUT2D eigenvalue weighted by Crippen LogP contribution is -2.54. The van der Waals surface area contributed by atoms with Crippen LogP contribution in [0.25, 0.3) is 0 Å². The van der Waals surface area contributed by atoms with E-state index >= 15 is 0 Å². The molecule has 0 radical (unpaired) electrons. The normalized spacial score (nSPS) is 17.9. The van der Waals surface area contributed by atoms with Gasteiger partial charge in [-0.15, -0.1) is 11.3 Å². The van der Waals surface area contributed by atoms with Gasteiger partial charge in [-0.1, -0.05) is 18.1 Å². The minimum absolute atomic E-state index is 0.130. The van der Waals surface area contributed by atoms with E-state index in [2.05, 4.69) is 44.8 Å². The van der Waals surface area contributed by atoms with E-state index in [4.69, 9.17) is 4.52 Å². The van der Waals surface area contributed by atoms with Crippen LogP contribution in [0.5, 0.6) is 0 Å². The molecule has 2 aromatic rings. The van der Waals surface area contributed by atoms with Gasteiger partial charge in [0.05, 0.1) is 5.69 Å². The second-order valence-corrected chi connectivity index (χ2v) is 9.43. The molecule has 3 rings (SSSR count). The van der Waals surface area contributed by atoms with Gasteiger partial charge in [-0.05, 0) is 11.4 Å². The lowest BCUT2D eigenvalue weighted by atomic mass is 10.1. The van der Waals surface area contributed by atoms with E-state index in [0.717, 1.165) is 12.5 Å². The smallest absolute Gasteiger partial charge is 0.220 e. The summed E-state index contributed by atoms with van der Waals surface area (Å²) in [5.74, 6) is 1.08. The van der Waals surface area contributed by atoms with Gasteiger partial charge in [-0.2, -0.15) is 4.31 Å². The molecule has 1 fully saturated rings. The van der Waals surface area contributed by atoms with Crippen molar-refractivity contribution in [2.45, 2.75) is 18.6 Å². The summed E-state index contributed by atoms with van der Waals surface area (Å²) in [6.07, 6.45) is 1.38. The summed E-state index contributed by atoms with van der Waals surface area (Å²) >= 11 is 1.75. The van der Waals surface area contributed by atoms with E-state index in [1.807, 2.05) is 0 Å². The molecule has 0 aromatic carbocycles. The molecular weight excluding hydrogens is 386 g/mol. The number of nitrogens with zero attached hydrogens (tertiary/aromatic N) is 4. The highest BCUT2D eigenvalue weighted by Gasteiger charge is 2.29. The molecule has 1 atom stereocenters. The summed E-state index contributed by atoms with van der Waals surface area (Å²) in [7, 11) is -1.64. The Hall–Kier alpha value is -1.91. The number of piperazine rings is 1. The topological polar surface area (TPSA) is 91.0 Å². The number of aliphatic imine (C=N–C) groups is 1. The minimum atomic E-state index is -3.39. The van der Waals surface area contributed by atoms with Crippen LogP contribution in [-0.4, -0.2) is 68.5 Å². The van der Waals surface area contributed by atoms with Gasteiger partial charge < -0.3 is 14.7 Å². The fraction of sp³-hybridized carbons (Fsp3) is 0.529. The highest BCUT2D eigenvalue weighted by Crippen LogP contribution is 2.20. The number of nitrogens with one attached hydrogen (secondary N) is 1. The molecule has 3 heterocycles. The van der Waals surface area contributed by atoms with Gasteiger partial charge in [0, 0.05) is 56.6 Å². The SMILES string of the molecule is CN=C(NCC(C)c1cccs1)N1CCN(S(=O)(=O)Cc2ccon2)CC1. The molecule has 1 unspecified atom stereocenters. The van der Waals surface area contributed by atoms with Gasteiger partial charge in [0.25, 0.3) is 0 Å². The van der Waals surface area contributed by atoms with Gasteiger partial charge in [0.1, 0.15) is 12.0 Å². The first-order chi connectivity index (χ1) is 13.0. The van der Waals surface area contributed by atoms with E-state index in [0.29, 0.717) is 37.8 Å². The second kappa shape index (κ2) is 8.85. The largest absolute Gasteiger partial charge is 0.364 e. The molecule has 8 nitrogen and oxygen atoms in total. The molecule has 0 spiro atoms. The minimum Gasteiger partial charge on any atom is -0.364 e. The standard InChI is InChI=1S/C17H25N5O3S2/c1-14(16-4-3-11-26-16)12-19-17(18-2)21-6-8-22(9-7-21)27(23,24)13-15-5-10-25-20-15/h3-5,10-11,14H,6-9,12-13H2,1-2H3,(H,18,19). The highest BCUT2D eigenvalue weighted by molar-refractivity contribution is 7.88. The van der Waals surface area contributed by atoms with E-state index in [1.165, 1.54) is 15.4 Å². The molecule has 1 N–H and O–H groups in total. The van der Waals surface area contributed by atoms with Crippen LogP contribution < -0.4 is 5.32 Å². The average molecular weight is 412 g/mol. The van der Waals surface area contributed by atoms with Crippen molar-refractivity contribution in [2.24, 2.45) is 4.99 Å². The van der Waals surface area contributed by atoms with E-state index in [-0.39, 0.29) is 5.75 Å². The van der Waals surface area contributed by atoms with Crippen molar-refractivity contribution in [3.8, 4) is 0 Å². The third kappa shape index (κ3) is 5.08. The van der Waals surface area contributed by atoms with E-state index in [1.54, 1.807) is 24.5 Å². The van der Waals surface area contributed by atoms with Gasteiger partial charge in [0.15, 0.2) is 5.96 Å². The molecule has 1 saturated heterocycles. The second-order valence-electron chi connectivity index (χ2n) is 6.48. The van der Waals surface area contributed by atoms with Crippen molar-refractivity contribution in [1.82, 2.24) is 19.7 Å². The number of hydrogen-bond acceptors (Lipinski definition) is 6. The maximum atomic E-state index is 12.5. The fourth-order valence-electron chi connectivity index (χ4n) is 3.02. The summed E-state index contributed by atoms with van der Waals surface area (Å²) in [5.41, 5.74) is 0.428. The molecule has 0 amide bonds. The Morgan fingerprint density at radius 1 is 1.37 bits per heavy atom. The van der Waals surface area contributed by atoms with Crippen molar-refractivity contribution >= 4 is 27.3 Å². The fourth-order valence-corrected chi connectivity index (χ4v) is 5.23. The Morgan fingerprint density at radius 3 is 2.74 bits per heavy atom. The number of hydrogen-bond donors (Lipinski definition) is 1. The first-order valence-electron chi connectivity index (χ1n) is 8.85. The summed E-state index contributed by atoms with van der Waals surface area (Å²) in [6, 6.07) is 5.77. The zero-order valence-corrected chi connectivity index (χ0v) is 17.2. The third-order valence-corrected chi connectivity index (χ3v) is 7.48. The van der Waals surface area contributed by atoms with Crippen molar-refractivity contribution in [3.63, 3.8) is 0 Å². The molecule has 27 heavy (non-hydrogen) atoms. The third-order valence-electron chi connectivity index (χ3n) is 4.56. The number of thiophene rings is 1. The quantitative estimate of drug-likeness (QED) is 0.573. The van der Waals surface area contributed by atoms with Crippen molar-refractivity contribution in [3.05, 3.63) is 40.4 Å². The zero-order chi connectivity index (χ0) is 19.3. The van der Waals surface area contributed by atoms with E-state index < -0.39 is 10.0 Å². The lowest BCUT2D eigenvalue weighted by Gasteiger charge is -2.36. The van der Waals surface area contributed by atoms with Crippen LogP contribution in [0.1, 0.15) is 23.4 Å². The summed E-state index contributed by atoms with van der Waals surface area (Å²) < 4.78 is 31.3. The molecule has 2 aromatic heterocycles. The number of aromatic nitrogens is 1. The summed E-state index contributed by atoms with van der Waals surface area (Å²) in [6.45, 7) is 5.04. The first kappa shape index (κ1) is 19.8. The Labute approximate surface area is 163 Å². The Kier molecular flexibility index (Phi) is 6.51. The van der Waals surface area contributed by atoms with Gasteiger partial charge >= 0.3 is 0 Å². The maximum Gasteiger partial charge on any atom is 0.220 e. The van der Waals surface area contributed by atoms with E-state index in [9.17, 15) is 8.42 Å². The Morgan fingerprint density at radius 2 is 2.15 bits per heavy atom. The number of rotatable bonds is 6. The lowest BCUT2D eigenvalue weighted by molar-refractivity contribution is 0.259. The molecule has 10 heteroatoms. The highest BCUT2D eigenvalue weighted by atomic mass is 32.2. The molecular formula is C17H25N5O3S2. The van der Waals surface area contributed by atoms with Crippen LogP contribution in [0.4, 0.5) is 0 Å². The molecule has 0 saturated carbocycles. The van der Waals surface area contributed by atoms with Crippen LogP contribution in [0.3, 0.4) is 0 Å². The number of guanidine groups is 1. The Bertz CT molecular complexity index is 826. The molecule has 1 aliphatic rings. The predicted octanol–water partition coefficient (Wildman–Crippen LogP) is 1.56. The molecule has 0 bridgehead atoms. The first-order valence-corrected chi connectivity index (χ1v) is 11.3. The van der Waals surface area contributed by atoms with Crippen molar-refractivity contribution in [2.75, 3.05) is 39.8 Å². The molecule has 1 aliphatic heterocycles. The molecule has 148 valence electrons. The van der Waals surface area contributed by atoms with Crippen LogP contribution in [0, 0.1) is 0 Å². The van der Waals surface area contributed by atoms with Gasteiger partial charge in [-0.3, -0.25) is 4.99 Å². The predicted molar refractivity (Wildman–Crippen MR) is 106 cm³/mol. The Balaban J connectivity index is 1.51. The van der Waals surface area contributed by atoms with Gasteiger partial charge in [0.2, 0.25) is 10.0 Å². The van der Waals surface area contributed by atoms with Crippen LogP contribution >= 0.6 is 11.3 Å². The van der Waals surface area contributed by atoms with Crippen LogP contribution in [-0.2, 0) is 15.8 Å². The zero-order valence-electron chi connectivity index (χ0n) is 15.5. The maximum absolute atomic E-state index is 12.5. The van der Waals surface area contributed by atoms with Crippen LogP contribution in [0.2, 0.25) is 0 Å². The number of sulfonamides is 1. The van der Waals surface area contributed by atoms with Gasteiger partial charge in [-0.25, -0.2) is 8.42 Å². The molecule has 0 aliphatic carbocycles. The monoisotopic (exact) mass is 411 g/mol. The average Bonchev–Trinajstić information content (AvgIpc) is 3.36. The van der Waals surface area contributed by atoms with Crippen LogP contribution in [0.15, 0.2) is 39.4 Å².